The van der Waals surface area contributed by atoms with Crippen molar-refractivity contribution in [1.82, 2.24) is 24.3 Å². The third-order valence-corrected chi connectivity index (χ3v) is 11.1. The first-order chi connectivity index (χ1) is 23.8. The average Bonchev–Trinajstić information content (AvgIpc) is 3.49. The normalized spacial score (nSPS) is 18.5. The lowest BCUT2D eigenvalue weighted by Crippen LogP contribution is -2.55. The third-order valence-electron chi connectivity index (χ3n) is 8.81. The van der Waals surface area contributed by atoms with E-state index in [0.29, 0.717) is 60.7 Å². The zero-order valence-electron chi connectivity index (χ0n) is 29.0. The van der Waals surface area contributed by atoms with Gasteiger partial charge in [-0.1, -0.05) is 61.3 Å². The summed E-state index contributed by atoms with van der Waals surface area (Å²) in [7, 11) is -0.732. The Bertz CT molecular complexity index is 1810. The number of nitrogens with zero attached hydrogens (tertiary/aromatic N) is 5. The molecule has 11 nitrogen and oxygen atoms in total. The number of amidine groups is 1. The lowest BCUT2D eigenvalue weighted by molar-refractivity contribution is -0.122. The van der Waals surface area contributed by atoms with Gasteiger partial charge in [0, 0.05) is 56.9 Å². The number of likely N-dealkylation sites (N-methyl/N-ethyl adjacent to an activating group) is 1. The smallest absolute Gasteiger partial charge is 0.326 e. The van der Waals surface area contributed by atoms with Gasteiger partial charge in [-0.15, -0.1) is 0 Å². The van der Waals surface area contributed by atoms with E-state index in [2.05, 4.69) is 5.32 Å². The van der Waals surface area contributed by atoms with Crippen LogP contribution < -0.4 is 10.1 Å². The molecule has 0 radical (unpaired) electrons. The lowest BCUT2D eigenvalue weighted by Gasteiger charge is -2.39. The first kappa shape index (κ1) is 37.6. The quantitative estimate of drug-likeness (QED) is 0.270. The van der Waals surface area contributed by atoms with E-state index in [0.717, 1.165) is 11.1 Å². The van der Waals surface area contributed by atoms with Gasteiger partial charge in [-0.2, -0.15) is 0 Å². The number of hydrogen-bond donors (Lipinski definition) is 1. The topological polar surface area (TPSA) is 115 Å². The van der Waals surface area contributed by atoms with Gasteiger partial charge in [0.05, 0.1) is 29.7 Å². The number of benzene rings is 3. The first-order valence-corrected chi connectivity index (χ1v) is 18.9. The molecule has 3 aromatic carbocycles. The number of ether oxygens (including phenoxy) is 1. The Balaban J connectivity index is 1.67. The van der Waals surface area contributed by atoms with Crippen molar-refractivity contribution in [2.75, 3.05) is 60.0 Å². The summed E-state index contributed by atoms with van der Waals surface area (Å²) < 4.78 is 35.1. The van der Waals surface area contributed by atoms with Crippen LogP contribution >= 0.6 is 23.2 Å². The monoisotopic (exact) mass is 742 g/mol. The highest BCUT2D eigenvalue weighted by Crippen LogP contribution is 2.46. The largest absolute Gasteiger partial charge is 0.493 e. The Morgan fingerprint density at radius 2 is 1.56 bits per heavy atom. The molecule has 2 aliphatic heterocycles. The van der Waals surface area contributed by atoms with Crippen LogP contribution in [-0.4, -0.2) is 105 Å². The number of hydrogen-bond acceptors (Lipinski definition) is 7. The fraction of sp³-hybridized carbons (Fsp3) is 0.417. The van der Waals surface area contributed by atoms with Gasteiger partial charge in [-0.05, 0) is 66.4 Å². The second-order valence-electron chi connectivity index (χ2n) is 12.8. The van der Waals surface area contributed by atoms with E-state index in [1.165, 1.54) is 10.4 Å². The van der Waals surface area contributed by atoms with Gasteiger partial charge in [0.15, 0.2) is 0 Å². The van der Waals surface area contributed by atoms with Crippen LogP contribution in [0.1, 0.15) is 49.5 Å². The highest BCUT2D eigenvalue weighted by Gasteiger charge is 2.45. The van der Waals surface area contributed by atoms with Crippen molar-refractivity contribution in [1.29, 1.82) is 0 Å². The summed E-state index contributed by atoms with van der Waals surface area (Å²) in [5.74, 6) is 0.706. The molecular weight excluding hydrogens is 699 g/mol. The molecule has 1 N–H and O–H groups in total. The molecule has 1 saturated heterocycles. The third kappa shape index (κ3) is 8.26. The van der Waals surface area contributed by atoms with Crippen molar-refractivity contribution in [3.63, 3.8) is 0 Å². The van der Waals surface area contributed by atoms with Crippen LogP contribution in [0.3, 0.4) is 0 Å². The van der Waals surface area contributed by atoms with Crippen molar-refractivity contribution < 1.29 is 22.7 Å². The highest BCUT2D eigenvalue weighted by molar-refractivity contribution is 7.89. The number of urea groups is 1. The van der Waals surface area contributed by atoms with Gasteiger partial charge in [-0.3, -0.25) is 19.6 Å². The molecular formula is C36H44Cl2N6O5S. The van der Waals surface area contributed by atoms with Crippen LogP contribution in [0.2, 0.25) is 10.0 Å². The molecule has 0 aromatic heterocycles. The molecule has 14 heteroatoms. The van der Waals surface area contributed by atoms with E-state index in [-0.39, 0.29) is 35.1 Å². The summed E-state index contributed by atoms with van der Waals surface area (Å²) >= 11 is 12.6. The molecule has 2 aliphatic rings. The molecule has 50 heavy (non-hydrogen) atoms. The minimum atomic E-state index is -3.89. The predicted molar refractivity (Wildman–Crippen MR) is 197 cm³/mol. The lowest BCUT2D eigenvalue weighted by atomic mass is 9.93. The second-order valence-corrected chi connectivity index (χ2v) is 15.7. The van der Waals surface area contributed by atoms with Gasteiger partial charge >= 0.3 is 6.03 Å². The van der Waals surface area contributed by atoms with Crippen molar-refractivity contribution >= 4 is 51.0 Å². The zero-order valence-corrected chi connectivity index (χ0v) is 31.3. The summed E-state index contributed by atoms with van der Waals surface area (Å²) in [4.78, 5) is 37.7. The van der Waals surface area contributed by atoms with Gasteiger partial charge in [0.2, 0.25) is 15.9 Å². The number of carbonyl (C=O) groups excluding carboxylic acids is 2. The summed E-state index contributed by atoms with van der Waals surface area (Å²) in [6.45, 7) is 8.41. The molecule has 2 heterocycles. The number of nitrogens with one attached hydrogen (secondary N) is 1. The van der Waals surface area contributed by atoms with Crippen LogP contribution in [0.4, 0.5) is 4.79 Å². The van der Waals surface area contributed by atoms with E-state index in [1.54, 1.807) is 60.3 Å². The summed E-state index contributed by atoms with van der Waals surface area (Å²) in [6.07, 6.45) is 0. The van der Waals surface area contributed by atoms with Crippen LogP contribution in [-0.2, 0) is 14.8 Å². The molecule has 5 rings (SSSR count). The summed E-state index contributed by atoms with van der Waals surface area (Å²) in [5.41, 5.74) is 1.99. The molecule has 268 valence electrons. The number of carbonyl (C=O) groups is 2. The maximum atomic E-state index is 14.9. The predicted octanol–water partition coefficient (Wildman–Crippen LogP) is 5.70. The molecule has 0 aliphatic carbocycles. The number of sulfonamides is 1. The maximum Gasteiger partial charge on any atom is 0.326 e. The number of rotatable bonds is 11. The summed E-state index contributed by atoms with van der Waals surface area (Å²) in [6, 6.07) is 17.8. The Hall–Kier alpha value is -3.68. The molecule has 0 bridgehead atoms. The Labute approximate surface area is 304 Å². The highest BCUT2D eigenvalue weighted by atomic mass is 35.5. The van der Waals surface area contributed by atoms with Gasteiger partial charge < -0.3 is 15.0 Å². The molecule has 3 amide bonds. The number of halogens is 2. The standard InChI is InChI=1S/C36H44Cl2N6O5S/c1-6-49-31-16-15-29(50(47,48)41(5)22-24(2)3)21-30(31)35-40-33(25-7-11-27(37)12-8-25)34(26-9-13-28(38)14-10-26)44(35)36(46)43-19-17-42(18-20-43)23-32(45)39-4/h7-16,21,24,33-34H,6,17-20,22-23H2,1-5H3,(H,39,45). The molecule has 0 spiro atoms. The minimum Gasteiger partial charge on any atom is -0.493 e. The fourth-order valence-electron chi connectivity index (χ4n) is 6.30. The van der Waals surface area contributed by atoms with Crippen LogP contribution in [0.5, 0.6) is 5.75 Å². The van der Waals surface area contributed by atoms with Crippen molar-refractivity contribution in [2.45, 2.75) is 37.8 Å². The van der Waals surface area contributed by atoms with Crippen LogP contribution in [0.15, 0.2) is 76.6 Å². The maximum absolute atomic E-state index is 14.9. The van der Waals surface area contributed by atoms with E-state index in [9.17, 15) is 18.0 Å². The average molecular weight is 744 g/mol. The zero-order chi connectivity index (χ0) is 36.2. The minimum absolute atomic E-state index is 0.0648. The Kier molecular flexibility index (Phi) is 12.1. The molecule has 3 aromatic rings. The van der Waals surface area contributed by atoms with Crippen molar-refractivity contribution in [3.8, 4) is 5.75 Å². The van der Waals surface area contributed by atoms with Crippen molar-refractivity contribution in [2.24, 2.45) is 10.9 Å². The molecule has 2 unspecified atom stereocenters. The molecule has 0 saturated carbocycles. The summed E-state index contributed by atoms with van der Waals surface area (Å²) in [5, 5.41) is 3.76. The Morgan fingerprint density at radius 1 is 0.960 bits per heavy atom. The molecule has 1 fully saturated rings. The van der Waals surface area contributed by atoms with Crippen LogP contribution in [0.25, 0.3) is 0 Å². The van der Waals surface area contributed by atoms with Crippen molar-refractivity contribution in [3.05, 3.63) is 93.5 Å². The SMILES string of the molecule is CCOc1ccc(S(=O)(=O)N(C)CC(C)C)cc1C1=NC(c2ccc(Cl)cc2)C(c2ccc(Cl)cc2)N1C(=O)N1CCN(CC(=O)NC)CC1. The first-order valence-electron chi connectivity index (χ1n) is 16.7. The van der Waals surface area contributed by atoms with Gasteiger partial charge in [0.25, 0.3) is 0 Å². The van der Waals surface area contributed by atoms with E-state index < -0.39 is 22.1 Å². The number of amides is 3. The van der Waals surface area contributed by atoms with E-state index in [4.69, 9.17) is 32.9 Å². The fourth-order valence-corrected chi connectivity index (χ4v) is 7.92. The Morgan fingerprint density at radius 3 is 2.12 bits per heavy atom. The van der Waals surface area contributed by atoms with E-state index in [1.807, 2.05) is 49.9 Å². The number of piperazine rings is 1. The van der Waals surface area contributed by atoms with E-state index >= 15 is 0 Å². The number of aliphatic imine (C=N–C) groups is 1. The van der Waals surface area contributed by atoms with Gasteiger partial charge in [-0.25, -0.2) is 17.5 Å². The second kappa shape index (κ2) is 16.1. The molecule has 2 atom stereocenters. The van der Waals surface area contributed by atoms with Crippen LogP contribution in [0, 0.1) is 5.92 Å². The van der Waals surface area contributed by atoms with Gasteiger partial charge in [0.1, 0.15) is 17.6 Å².